The summed E-state index contributed by atoms with van der Waals surface area (Å²) in [4.78, 5) is 0. The van der Waals surface area contributed by atoms with Crippen LogP contribution in [0.4, 0.5) is 5.95 Å². The molecule has 8 heteroatoms. The highest BCUT2D eigenvalue weighted by molar-refractivity contribution is 9.10. The molecule has 0 bridgehead atoms. The summed E-state index contributed by atoms with van der Waals surface area (Å²) in [5.74, 6) is 2.04. The largest absolute Gasteiger partial charge is 0.493 e. The zero-order valence-electron chi connectivity index (χ0n) is 12.3. The lowest BCUT2D eigenvalue weighted by Gasteiger charge is -2.13. The maximum atomic E-state index is 5.57. The molecule has 0 saturated heterocycles. The van der Waals surface area contributed by atoms with Crippen molar-refractivity contribution < 1.29 is 9.47 Å². The Hall–Kier alpha value is -1.83. The smallest absolute Gasteiger partial charge is 0.243 e. The normalized spacial score (nSPS) is 10.5. The fraction of sp³-hybridized carbons (Fsp3) is 0.462. The Morgan fingerprint density at radius 1 is 1.33 bits per heavy atom. The SMILES string of the molecule is CCOc1c(Br)cc(CNc2nnnn2CC)cc1OC. The summed E-state index contributed by atoms with van der Waals surface area (Å²) in [6.07, 6.45) is 0. The number of rotatable bonds is 7. The van der Waals surface area contributed by atoms with Crippen LogP contribution in [0.1, 0.15) is 19.4 Å². The number of hydrogen-bond acceptors (Lipinski definition) is 6. The first-order chi connectivity index (χ1) is 10.2. The van der Waals surface area contributed by atoms with Gasteiger partial charge in [0.1, 0.15) is 0 Å². The van der Waals surface area contributed by atoms with Crippen LogP contribution in [-0.4, -0.2) is 33.9 Å². The molecule has 0 atom stereocenters. The molecule has 0 unspecified atom stereocenters. The van der Waals surface area contributed by atoms with Crippen LogP contribution in [0.2, 0.25) is 0 Å². The molecule has 0 aliphatic heterocycles. The molecule has 0 fully saturated rings. The number of ether oxygens (including phenoxy) is 2. The third-order valence-electron chi connectivity index (χ3n) is 2.86. The zero-order valence-corrected chi connectivity index (χ0v) is 13.8. The first kappa shape index (κ1) is 15.6. The predicted octanol–water partition coefficient (Wildman–Crippen LogP) is 2.47. The lowest BCUT2D eigenvalue weighted by molar-refractivity contribution is 0.308. The number of tetrazole rings is 1. The molecule has 1 N–H and O–H groups in total. The van der Waals surface area contributed by atoms with Crippen LogP contribution in [-0.2, 0) is 13.1 Å². The molecule has 1 aromatic carbocycles. The van der Waals surface area contributed by atoms with Crippen LogP contribution < -0.4 is 14.8 Å². The number of methoxy groups -OCH3 is 1. The molecule has 0 amide bonds. The fourth-order valence-electron chi connectivity index (χ4n) is 1.89. The molecule has 0 aliphatic carbocycles. The molecule has 2 aromatic rings. The van der Waals surface area contributed by atoms with E-state index in [-0.39, 0.29) is 0 Å². The first-order valence-electron chi connectivity index (χ1n) is 6.68. The second kappa shape index (κ2) is 7.26. The summed E-state index contributed by atoms with van der Waals surface area (Å²) in [5.41, 5.74) is 1.04. The van der Waals surface area contributed by atoms with E-state index in [4.69, 9.17) is 9.47 Å². The predicted molar refractivity (Wildman–Crippen MR) is 82.7 cm³/mol. The maximum absolute atomic E-state index is 5.57. The fourth-order valence-corrected chi connectivity index (χ4v) is 2.49. The number of nitrogens with zero attached hydrogens (tertiary/aromatic N) is 4. The Morgan fingerprint density at radius 2 is 2.14 bits per heavy atom. The summed E-state index contributed by atoms with van der Waals surface area (Å²) in [7, 11) is 1.62. The first-order valence-corrected chi connectivity index (χ1v) is 7.48. The molecule has 0 spiro atoms. The summed E-state index contributed by atoms with van der Waals surface area (Å²) in [6.45, 7) is 5.80. The third-order valence-corrected chi connectivity index (χ3v) is 3.45. The molecule has 1 aromatic heterocycles. The van der Waals surface area contributed by atoms with Crippen molar-refractivity contribution >= 4 is 21.9 Å². The number of aryl methyl sites for hydroxylation is 1. The van der Waals surface area contributed by atoms with Crippen LogP contribution in [0.5, 0.6) is 11.5 Å². The van der Waals surface area contributed by atoms with Crippen molar-refractivity contribution in [2.45, 2.75) is 26.9 Å². The Kier molecular flexibility index (Phi) is 5.38. The van der Waals surface area contributed by atoms with Gasteiger partial charge in [0, 0.05) is 13.1 Å². The lowest BCUT2D eigenvalue weighted by atomic mass is 10.2. The van der Waals surface area contributed by atoms with Crippen molar-refractivity contribution in [1.29, 1.82) is 0 Å². The zero-order chi connectivity index (χ0) is 15.2. The lowest BCUT2D eigenvalue weighted by Crippen LogP contribution is -2.08. The van der Waals surface area contributed by atoms with Gasteiger partial charge < -0.3 is 14.8 Å². The minimum absolute atomic E-state index is 0.581. The van der Waals surface area contributed by atoms with Gasteiger partial charge in [-0.25, -0.2) is 4.68 Å². The topological polar surface area (TPSA) is 74.1 Å². The van der Waals surface area contributed by atoms with Gasteiger partial charge in [-0.3, -0.25) is 0 Å². The Labute approximate surface area is 131 Å². The minimum atomic E-state index is 0.581. The highest BCUT2D eigenvalue weighted by Crippen LogP contribution is 2.36. The van der Waals surface area contributed by atoms with Crippen molar-refractivity contribution in [2.24, 2.45) is 0 Å². The van der Waals surface area contributed by atoms with Crippen LogP contribution in [0.25, 0.3) is 0 Å². The van der Waals surface area contributed by atoms with Gasteiger partial charge in [0.05, 0.1) is 18.2 Å². The minimum Gasteiger partial charge on any atom is -0.493 e. The van der Waals surface area contributed by atoms with Gasteiger partial charge in [0.2, 0.25) is 5.95 Å². The third kappa shape index (κ3) is 3.63. The monoisotopic (exact) mass is 355 g/mol. The number of nitrogens with one attached hydrogen (secondary N) is 1. The number of halogens is 1. The Balaban J connectivity index is 2.15. The summed E-state index contributed by atoms with van der Waals surface area (Å²) >= 11 is 3.51. The molecular weight excluding hydrogens is 338 g/mol. The van der Waals surface area contributed by atoms with E-state index in [1.165, 1.54) is 0 Å². The van der Waals surface area contributed by atoms with Gasteiger partial charge in [-0.1, -0.05) is 5.10 Å². The second-order valence-electron chi connectivity index (χ2n) is 4.21. The summed E-state index contributed by atoms with van der Waals surface area (Å²) < 4.78 is 13.5. The molecule has 1 heterocycles. The van der Waals surface area contributed by atoms with Crippen LogP contribution in [0, 0.1) is 0 Å². The van der Waals surface area contributed by atoms with Gasteiger partial charge in [0.25, 0.3) is 0 Å². The van der Waals surface area contributed by atoms with E-state index in [1.807, 2.05) is 26.0 Å². The van der Waals surface area contributed by atoms with Gasteiger partial charge >= 0.3 is 0 Å². The van der Waals surface area contributed by atoms with E-state index in [2.05, 4.69) is 36.8 Å². The van der Waals surface area contributed by atoms with Crippen molar-refractivity contribution in [1.82, 2.24) is 20.2 Å². The van der Waals surface area contributed by atoms with Gasteiger partial charge in [-0.05, 0) is 57.9 Å². The van der Waals surface area contributed by atoms with E-state index in [1.54, 1.807) is 11.8 Å². The van der Waals surface area contributed by atoms with Crippen LogP contribution in [0.15, 0.2) is 16.6 Å². The van der Waals surface area contributed by atoms with E-state index < -0.39 is 0 Å². The van der Waals surface area contributed by atoms with E-state index in [9.17, 15) is 0 Å². The van der Waals surface area contributed by atoms with Crippen molar-refractivity contribution in [3.05, 3.63) is 22.2 Å². The number of hydrogen-bond donors (Lipinski definition) is 1. The standard InChI is InChI=1S/C13H18BrN5O2/c1-4-19-13(16-17-18-19)15-8-9-6-10(14)12(21-5-2)11(7-9)20-3/h6-7H,4-5,8H2,1-3H3,(H,15,16,18). The molecule has 7 nitrogen and oxygen atoms in total. The molecule has 21 heavy (non-hydrogen) atoms. The maximum Gasteiger partial charge on any atom is 0.243 e. The Morgan fingerprint density at radius 3 is 2.81 bits per heavy atom. The number of anilines is 1. The molecule has 0 saturated carbocycles. The average Bonchev–Trinajstić information content (AvgIpc) is 2.95. The summed E-state index contributed by atoms with van der Waals surface area (Å²) in [5, 5.41) is 14.7. The highest BCUT2D eigenvalue weighted by atomic mass is 79.9. The van der Waals surface area contributed by atoms with Gasteiger partial charge in [0.15, 0.2) is 11.5 Å². The molecular formula is C13H18BrN5O2. The average molecular weight is 356 g/mol. The van der Waals surface area contributed by atoms with Crippen molar-refractivity contribution in [3.8, 4) is 11.5 Å². The number of benzene rings is 1. The summed E-state index contributed by atoms with van der Waals surface area (Å²) in [6, 6.07) is 3.92. The van der Waals surface area contributed by atoms with Crippen molar-refractivity contribution in [3.63, 3.8) is 0 Å². The molecule has 0 radical (unpaired) electrons. The molecule has 2 rings (SSSR count). The Bertz CT molecular complexity index is 602. The van der Waals surface area contributed by atoms with E-state index in [0.717, 1.165) is 10.0 Å². The molecule has 114 valence electrons. The van der Waals surface area contributed by atoms with Gasteiger partial charge in [-0.2, -0.15) is 0 Å². The van der Waals surface area contributed by atoms with Crippen molar-refractivity contribution in [2.75, 3.05) is 19.0 Å². The highest BCUT2D eigenvalue weighted by Gasteiger charge is 2.12. The van der Waals surface area contributed by atoms with Crippen LogP contribution >= 0.6 is 15.9 Å². The number of aromatic nitrogens is 4. The molecule has 0 aliphatic rings. The van der Waals surface area contributed by atoms with E-state index in [0.29, 0.717) is 37.1 Å². The second-order valence-corrected chi connectivity index (χ2v) is 5.07. The van der Waals surface area contributed by atoms with Gasteiger partial charge in [-0.15, -0.1) is 0 Å². The quantitative estimate of drug-likeness (QED) is 0.822. The van der Waals surface area contributed by atoms with E-state index >= 15 is 0 Å². The van der Waals surface area contributed by atoms with Crippen LogP contribution in [0.3, 0.4) is 0 Å².